The van der Waals surface area contributed by atoms with Crippen LogP contribution in [0.2, 0.25) is 0 Å². The molecule has 0 aromatic carbocycles. The molecule has 0 rings (SSSR count). The molecule has 0 amide bonds. The molecule has 0 radical (unpaired) electrons. The van der Waals surface area contributed by atoms with Gasteiger partial charge in [-0.05, 0) is 38.5 Å². The summed E-state index contributed by atoms with van der Waals surface area (Å²) in [7, 11) is 0. The van der Waals surface area contributed by atoms with Crippen LogP contribution in [0.15, 0.2) is 12.2 Å². The molecule has 328 valence electrons. The summed E-state index contributed by atoms with van der Waals surface area (Å²) >= 11 is 0. The smallest absolute Gasteiger partial charge is 0.305 e. The summed E-state index contributed by atoms with van der Waals surface area (Å²) in [6, 6.07) is 0. The summed E-state index contributed by atoms with van der Waals surface area (Å²) in [6.45, 7) is 3.24. The van der Waals surface area contributed by atoms with Gasteiger partial charge in [-0.25, -0.2) is 0 Å². The van der Waals surface area contributed by atoms with Crippen LogP contribution in [0.25, 0.3) is 0 Å². The van der Waals surface area contributed by atoms with E-state index >= 15 is 0 Å². The van der Waals surface area contributed by atoms with Crippen molar-refractivity contribution in [1.29, 1.82) is 0 Å². The Morgan fingerprint density at radius 3 is 0.909 bits per heavy atom. The lowest BCUT2D eigenvalue weighted by Crippen LogP contribution is -2.05. The Kier molecular flexibility index (Phi) is 50.4. The molecule has 0 bridgehead atoms. The zero-order valence-corrected chi connectivity index (χ0v) is 37.9. The van der Waals surface area contributed by atoms with E-state index < -0.39 is 0 Å². The third-order valence-corrected chi connectivity index (χ3v) is 12.0. The van der Waals surface area contributed by atoms with Crippen molar-refractivity contribution < 1.29 is 14.6 Å². The molecule has 0 aliphatic heterocycles. The minimum absolute atomic E-state index is 0.0164. The Morgan fingerprint density at radius 2 is 0.600 bits per heavy atom. The number of hydrogen-bond donors (Lipinski definition) is 1. The van der Waals surface area contributed by atoms with Crippen LogP contribution in [0.3, 0.4) is 0 Å². The van der Waals surface area contributed by atoms with Gasteiger partial charge in [-0.2, -0.15) is 0 Å². The van der Waals surface area contributed by atoms with Crippen molar-refractivity contribution in [2.45, 2.75) is 302 Å². The van der Waals surface area contributed by atoms with Crippen LogP contribution < -0.4 is 0 Å². The summed E-state index contributed by atoms with van der Waals surface area (Å²) in [5, 5.41) is 8.82. The first-order chi connectivity index (χ1) is 27.3. The predicted octanol–water partition coefficient (Wildman–Crippen LogP) is 18.0. The number of aliphatic hydroxyl groups excluding tert-OH is 1. The summed E-state index contributed by atoms with van der Waals surface area (Å²) in [5.74, 6) is 0.0164. The fourth-order valence-corrected chi connectivity index (χ4v) is 8.10. The van der Waals surface area contributed by atoms with Crippen LogP contribution in [0.4, 0.5) is 0 Å². The largest absolute Gasteiger partial charge is 0.466 e. The Bertz CT molecular complexity index is 718. The number of carbonyl (C=O) groups is 1. The molecule has 3 heteroatoms. The number of unbranched alkanes of at least 4 members (excludes halogenated alkanes) is 42. The maximum absolute atomic E-state index is 12.0. The summed E-state index contributed by atoms with van der Waals surface area (Å²) in [6.07, 6.45) is 66.7. The van der Waals surface area contributed by atoms with Gasteiger partial charge in [-0.15, -0.1) is 0 Å². The minimum atomic E-state index is 0.0164. The Morgan fingerprint density at radius 1 is 0.345 bits per heavy atom. The molecule has 0 heterocycles. The fourth-order valence-electron chi connectivity index (χ4n) is 8.10. The summed E-state index contributed by atoms with van der Waals surface area (Å²) in [4.78, 5) is 12.0. The average Bonchev–Trinajstić information content (AvgIpc) is 3.19. The van der Waals surface area contributed by atoms with Gasteiger partial charge in [0.1, 0.15) is 0 Å². The molecule has 0 fully saturated rings. The first-order valence-electron chi connectivity index (χ1n) is 25.7. The standard InChI is InChI=1S/C52H102O3/c1-2-3-4-5-6-7-34-37-40-43-46-49-52(54)55-51-48-45-42-39-36-33-31-29-27-25-23-21-19-17-15-13-11-9-8-10-12-14-16-18-20-22-24-26-28-30-32-35-38-41-44-47-50-53/h5-6,53H,2-4,7-51H2,1H3/b6-5-. The predicted molar refractivity (Wildman–Crippen MR) is 245 cm³/mol. The molecule has 0 aliphatic carbocycles. The van der Waals surface area contributed by atoms with Crippen LogP contribution in [-0.4, -0.2) is 24.3 Å². The highest BCUT2D eigenvalue weighted by Crippen LogP contribution is 2.18. The average molecular weight is 775 g/mol. The van der Waals surface area contributed by atoms with E-state index in [2.05, 4.69) is 19.1 Å². The molecule has 55 heavy (non-hydrogen) atoms. The van der Waals surface area contributed by atoms with Gasteiger partial charge in [-0.1, -0.05) is 269 Å². The lowest BCUT2D eigenvalue weighted by Gasteiger charge is -2.06. The van der Waals surface area contributed by atoms with Crippen molar-refractivity contribution in [3.8, 4) is 0 Å². The normalized spacial score (nSPS) is 11.7. The van der Waals surface area contributed by atoms with E-state index in [1.807, 2.05) is 0 Å². The lowest BCUT2D eigenvalue weighted by atomic mass is 10.0. The van der Waals surface area contributed by atoms with Crippen molar-refractivity contribution in [1.82, 2.24) is 0 Å². The highest BCUT2D eigenvalue weighted by molar-refractivity contribution is 5.69. The molecule has 0 saturated heterocycles. The van der Waals surface area contributed by atoms with Crippen LogP contribution in [0.5, 0.6) is 0 Å². The quantitative estimate of drug-likeness (QED) is 0.0380. The second kappa shape index (κ2) is 51.2. The van der Waals surface area contributed by atoms with E-state index in [1.54, 1.807) is 0 Å². The van der Waals surface area contributed by atoms with Gasteiger partial charge < -0.3 is 9.84 Å². The van der Waals surface area contributed by atoms with Gasteiger partial charge in [0.25, 0.3) is 0 Å². The molecule has 0 aliphatic rings. The highest BCUT2D eigenvalue weighted by Gasteiger charge is 2.03. The minimum Gasteiger partial charge on any atom is -0.466 e. The van der Waals surface area contributed by atoms with Gasteiger partial charge in [0.2, 0.25) is 0 Å². The molecular formula is C52H102O3. The van der Waals surface area contributed by atoms with E-state index in [0.717, 1.165) is 25.7 Å². The third kappa shape index (κ3) is 51.2. The molecule has 0 unspecified atom stereocenters. The highest BCUT2D eigenvalue weighted by atomic mass is 16.5. The van der Waals surface area contributed by atoms with Crippen molar-refractivity contribution in [2.24, 2.45) is 0 Å². The number of allylic oxidation sites excluding steroid dienone is 2. The van der Waals surface area contributed by atoms with Gasteiger partial charge in [0.15, 0.2) is 0 Å². The van der Waals surface area contributed by atoms with Crippen molar-refractivity contribution in [2.75, 3.05) is 13.2 Å². The zero-order chi connectivity index (χ0) is 39.6. The lowest BCUT2D eigenvalue weighted by molar-refractivity contribution is -0.143. The molecule has 3 nitrogen and oxygen atoms in total. The van der Waals surface area contributed by atoms with E-state index in [-0.39, 0.29) is 5.97 Å². The molecule has 0 aromatic rings. The van der Waals surface area contributed by atoms with E-state index in [9.17, 15) is 4.79 Å². The first-order valence-corrected chi connectivity index (χ1v) is 25.7. The van der Waals surface area contributed by atoms with E-state index in [4.69, 9.17) is 9.84 Å². The number of carbonyl (C=O) groups excluding carboxylic acids is 1. The maximum atomic E-state index is 12.0. The maximum Gasteiger partial charge on any atom is 0.305 e. The molecule has 0 spiro atoms. The Balaban J connectivity index is 3.12. The zero-order valence-electron chi connectivity index (χ0n) is 37.9. The second-order valence-corrected chi connectivity index (χ2v) is 17.6. The third-order valence-electron chi connectivity index (χ3n) is 12.0. The molecule has 0 saturated carbocycles. The van der Waals surface area contributed by atoms with E-state index in [1.165, 1.54) is 263 Å². The number of hydrogen-bond acceptors (Lipinski definition) is 3. The molecular weight excluding hydrogens is 673 g/mol. The SMILES string of the molecule is CCCC/C=C\CCCCCCCC(=O)OCCCCCCCCCCCCCCCCCCCCCCCCCCCCCCCCCCCCCCO. The van der Waals surface area contributed by atoms with Crippen molar-refractivity contribution in [3.63, 3.8) is 0 Å². The number of rotatable bonds is 49. The first kappa shape index (κ1) is 54.2. The number of aliphatic hydroxyl groups is 1. The van der Waals surface area contributed by atoms with Gasteiger partial charge in [0.05, 0.1) is 6.61 Å². The van der Waals surface area contributed by atoms with Crippen LogP contribution in [-0.2, 0) is 9.53 Å². The Hall–Kier alpha value is -0.830. The van der Waals surface area contributed by atoms with Gasteiger partial charge in [0, 0.05) is 13.0 Å². The fraction of sp³-hybridized carbons (Fsp3) is 0.942. The van der Waals surface area contributed by atoms with Crippen molar-refractivity contribution in [3.05, 3.63) is 12.2 Å². The Labute approximate surface area is 347 Å². The van der Waals surface area contributed by atoms with Gasteiger partial charge in [-0.3, -0.25) is 4.79 Å². The van der Waals surface area contributed by atoms with E-state index in [0.29, 0.717) is 19.6 Å². The summed E-state index contributed by atoms with van der Waals surface area (Å²) < 4.78 is 5.46. The number of ether oxygens (including phenoxy) is 1. The topological polar surface area (TPSA) is 46.5 Å². The molecule has 0 atom stereocenters. The van der Waals surface area contributed by atoms with Crippen LogP contribution in [0.1, 0.15) is 302 Å². The van der Waals surface area contributed by atoms with Crippen molar-refractivity contribution >= 4 is 5.97 Å². The van der Waals surface area contributed by atoms with Crippen LogP contribution >= 0.6 is 0 Å². The molecule has 0 aromatic heterocycles. The summed E-state index contributed by atoms with van der Waals surface area (Å²) in [5.41, 5.74) is 0. The van der Waals surface area contributed by atoms with Crippen LogP contribution in [0, 0.1) is 0 Å². The van der Waals surface area contributed by atoms with Gasteiger partial charge >= 0.3 is 5.97 Å². The molecule has 1 N–H and O–H groups in total. The monoisotopic (exact) mass is 775 g/mol. The second-order valence-electron chi connectivity index (χ2n) is 17.6. The number of esters is 1.